The molecule has 28 heavy (non-hydrogen) atoms. The summed E-state index contributed by atoms with van der Waals surface area (Å²) < 4.78 is 56.8. The molecule has 1 aliphatic rings. The molecule has 0 aromatic heterocycles. The summed E-state index contributed by atoms with van der Waals surface area (Å²) in [4.78, 5) is 12.5. The van der Waals surface area contributed by atoms with Crippen LogP contribution in [-0.4, -0.2) is 26.0 Å². The number of alkyl halides is 3. The summed E-state index contributed by atoms with van der Waals surface area (Å²) in [6.07, 6.45) is -4.89. The molecular formula is C18H17F3N2O5. The van der Waals surface area contributed by atoms with E-state index in [2.05, 4.69) is 4.74 Å². The summed E-state index contributed by atoms with van der Waals surface area (Å²) in [6.45, 7) is 3.14. The Kier molecular flexibility index (Phi) is 6.08. The third-order valence-electron chi connectivity index (χ3n) is 3.85. The molecule has 0 bridgehead atoms. The number of nitrogens with two attached hydrogens (primary N) is 1. The van der Waals surface area contributed by atoms with E-state index < -0.39 is 24.0 Å². The van der Waals surface area contributed by atoms with Crippen molar-refractivity contribution >= 4 is 5.97 Å². The van der Waals surface area contributed by atoms with Crippen LogP contribution in [0.5, 0.6) is 11.5 Å². The molecule has 1 atom stereocenters. The summed E-state index contributed by atoms with van der Waals surface area (Å²) in [5.41, 5.74) is 5.90. The van der Waals surface area contributed by atoms with Crippen molar-refractivity contribution < 1.29 is 36.9 Å². The number of benzene rings is 1. The Hall–Kier alpha value is -3.35. The number of esters is 1. The second kappa shape index (κ2) is 8.12. The monoisotopic (exact) mass is 398 g/mol. The first-order valence-corrected chi connectivity index (χ1v) is 8.02. The number of hydrogen-bond donors (Lipinski definition) is 1. The standard InChI is InChI=1S/C18H17F3N2O5/c1-4-26-17(24)14-9(2)27-16(23)12(8-22)15(14)11-6-5-10(7-13(11)25-3)28-18(19,20)21/h5-7,15H,4,23H2,1-3H3. The van der Waals surface area contributed by atoms with E-state index in [1.807, 2.05) is 6.07 Å². The Morgan fingerprint density at radius 3 is 2.61 bits per heavy atom. The van der Waals surface area contributed by atoms with Gasteiger partial charge in [0.15, 0.2) is 0 Å². The molecule has 1 aromatic carbocycles. The highest BCUT2D eigenvalue weighted by atomic mass is 19.4. The van der Waals surface area contributed by atoms with Gasteiger partial charge in [0.2, 0.25) is 5.88 Å². The van der Waals surface area contributed by atoms with Crippen LogP contribution in [0.1, 0.15) is 25.3 Å². The fourth-order valence-electron chi connectivity index (χ4n) is 2.79. The number of rotatable bonds is 5. The third-order valence-corrected chi connectivity index (χ3v) is 3.85. The van der Waals surface area contributed by atoms with E-state index in [1.165, 1.54) is 20.1 Å². The van der Waals surface area contributed by atoms with Gasteiger partial charge in [0.05, 0.1) is 25.2 Å². The predicted octanol–water partition coefficient (Wildman–Crippen LogP) is 3.24. The van der Waals surface area contributed by atoms with E-state index in [0.29, 0.717) is 0 Å². The number of hydrogen-bond acceptors (Lipinski definition) is 7. The Morgan fingerprint density at radius 1 is 1.39 bits per heavy atom. The van der Waals surface area contributed by atoms with Crippen LogP contribution in [0.4, 0.5) is 13.2 Å². The van der Waals surface area contributed by atoms with Crippen molar-refractivity contribution in [3.05, 3.63) is 46.6 Å². The van der Waals surface area contributed by atoms with E-state index >= 15 is 0 Å². The summed E-state index contributed by atoms with van der Waals surface area (Å²) in [7, 11) is 1.23. The van der Waals surface area contributed by atoms with E-state index in [-0.39, 0.29) is 40.7 Å². The topological polar surface area (TPSA) is 104 Å². The first-order valence-electron chi connectivity index (χ1n) is 8.02. The van der Waals surface area contributed by atoms with Gasteiger partial charge in [0, 0.05) is 11.6 Å². The zero-order valence-corrected chi connectivity index (χ0v) is 15.2. The van der Waals surface area contributed by atoms with Crippen molar-refractivity contribution in [3.8, 4) is 17.6 Å². The maximum Gasteiger partial charge on any atom is 0.573 e. The summed E-state index contributed by atoms with van der Waals surface area (Å²) >= 11 is 0. The van der Waals surface area contributed by atoms with Gasteiger partial charge in [0.1, 0.15) is 28.9 Å². The van der Waals surface area contributed by atoms with Crippen molar-refractivity contribution in [1.29, 1.82) is 5.26 Å². The van der Waals surface area contributed by atoms with Gasteiger partial charge in [-0.15, -0.1) is 13.2 Å². The van der Waals surface area contributed by atoms with Crippen LogP contribution in [0.2, 0.25) is 0 Å². The average molecular weight is 398 g/mol. The Balaban J connectivity index is 2.64. The zero-order chi connectivity index (χ0) is 21.1. The van der Waals surface area contributed by atoms with Crippen molar-refractivity contribution in [2.75, 3.05) is 13.7 Å². The molecule has 0 saturated carbocycles. The molecule has 1 heterocycles. The minimum Gasteiger partial charge on any atom is -0.496 e. The minimum absolute atomic E-state index is 0.00427. The van der Waals surface area contributed by atoms with Crippen LogP contribution in [-0.2, 0) is 14.3 Å². The molecule has 2 N–H and O–H groups in total. The molecule has 2 rings (SSSR count). The predicted molar refractivity (Wildman–Crippen MR) is 89.7 cm³/mol. The Morgan fingerprint density at radius 2 is 2.07 bits per heavy atom. The fraction of sp³-hybridized carbons (Fsp3) is 0.333. The molecule has 0 fully saturated rings. The molecule has 0 spiro atoms. The number of carbonyl (C=O) groups is 1. The zero-order valence-electron chi connectivity index (χ0n) is 15.2. The van der Waals surface area contributed by atoms with Crippen molar-refractivity contribution in [3.63, 3.8) is 0 Å². The quantitative estimate of drug-likeness (QED) is 0.760. The van der Waals surface area contributed by atoms with Crippen LogP contribution >= 0.6 is 0 Å². The minimum atomic E-state index is -4.89. The first kappa shape index (κ1) is 21.0. The Bertz CT molecular complexity index is 884. The van der Waals surface area contributed by atoms with E-state index in [1.54, 1.807) is 6.92 Å². The second-order valence-electron chi connectivity index (χ2n) is 5.57. The summed E-state index contributed by atoms with van der Waals surface area (Å²) in [5.74, 6) is -2.47. The van der Waals surface area contributed by atoms with Gasteiger partial charge in [-0.05, 0) is 19.9 Å². The summed E-state index contributed by atoms with van der Waals surface area (Å²) in [6, 6.07) is 5.18. The fourth-order valence-corrected chi connectivity index (χ4v) is 2.79. The normalized spacial score (nSPS) is 17.0. The maximum atomic E-state index is 12.5. The lowest BCUT2D eigenvalue weighted by atomic mass is 9.82. The number of allylic oxidation sites excluding steroid dienone is 2. The highest BCUT2D eigenvalue weighted by Gasteiger charge is 2.38. The highest BCUT2D eigenvalue weighted by Crippen LogP contribution is 2.44. The maximum absolute atomic E-state index is 12.5. The molecule has 1 aromatic rings. The molecule has 10 heteroatoms. The first-order chi connectivity index (χ1) is 13.1. The van der Waals surface area contributed by atoms with Crippen LogP contribution in [0.25, 0.3) is 0 Å². The van der Waals surface area contributed by atoms with Crippen molar-refractivity contribution in [1.82, 2.24) is 0 Å². The average Bonchev–Trinajstić information content (AvgIpc) is 2.59. The van der Waals surface area contributed by atoms with Crippen LogP contribution in [0.3, 0.4) is 0 Å². The largest absolute Gasteiger partial charge is 0.573 e. The van der Waals surface area contributed by atoms with Gasteiger partial charge in [-0.25, -0.2) is 4.79 Å². The lowest BCUT2D eigenvalue weighted by Gasteiger charge is -2.28. The van der Waals surface area contributed by atoms with E-state index in [4.69, 9.17) is 19.9 Å². The number of ether oxygens (including phenoxy) is 4. The van der Waals surface area contributed by atoms with Crippen molar-refractivity contribution in [2.45, 2.75) is 26.1 Å². The molecule has 1 aliphatic heterocycles. The number of nitrogens with zero attached hydrogens (tertiary/aromatic N) is 1. The molecular weight excluding hydrogens is 381 g/mol. The summed E-state index contributed by atoms with van der Waals surface area (Å²) in [5, 5.41) is 9.52. The lowest BCUT2D eigenvalue weighted by molar-refractivity contribution is -0.274. The third kappa shape index (κ3) is 4.31. The molecule has 7 nitrogen and oxygen atoms in total. The van der Waals surface area contributed by atoms with Gasteiger partial charge in [0.25, 0.3) is 0 Å². The van der Waals surface area contributed by atoms with Gasteiger partial charge in [-0.2, -0.15) is 5.26 Å². The van der Waals surface area contributed by atoms with Gasteiger partial charge in [-0.1, -0.05) is 6.07 Å². The molecule has 1 unspecified atom stereocenters. The van der Waals surface area contributed by atoms with Crippen molar-refractivity contribution in [2.24, 2.45) is 5.73 Å². The Labute approximate surface area is 158 Å². The smallest absolute Gasteiger partial charge is 0.496 e. The van der Waals surface area contributed by atoms with Crippen LogP contribution < -0.4 is 15.2 Å². The number of carbonyl (C=O) groups excluding carboxylic acids is 1. The SMILES string of the molecule is CCOC(=O)C1=C(C)OC(N)=C(C#N)C1c1ccc(OC(F)(F)F)cc1OC. The second-order valence-corrected chi connectivity index (χ2v) is 5.57. The molecule has 0 saturated heterocycles. The highest BCUT2D eigenvalue weighted by molar-refractivity contribution is 5.92. The number of methoxy groups -OCH3 is 1. The molecule has 0 radical (unpaired) electrons. The van der Waals surface area contributed by atoms with Crippen LogP contribution in [0, 0.1) is 11.3 Å². The molecule has 0 aliphatic carbocycles. The van der Waals surface area contributed by atoms with E-state index in [0.717, 1.165) is 12.1 Å². The van der Waals surface area contributed by atoms with Gasteiger partial charge in [-0.3, -0.25) is 0 Å². The van der Waals surface area contributed by atoms with E-state index in [9.17, 15) is 23.2 Å². The van der Waals surface area contributed by atoms with Gasteiger partial charge < -0.3 is 24.7 Å². The number of nitriles is 1. The molecule has 0 amide bonds. The van der Waals surface area contributed by atoms with Gasteiger partial charge >= 0.3 is 12.3 Å². The number of halogens is 3. The molecule has 150 valence electrons. The lowest BCUT2D eigenvalue weighted by Crippen LogP contribution is -2.26. The van der Waals surface area contributed by atoms with Crippen LogP contribution in [0.15, 0.2) is 41.0 Å².